The molecule has 0 bridgehead atoms. The Morgan fingerprint density at radius 2 is 2.29 bits per heavy atom. The Morgan fingerprint density at radius 3 is 2.82 bits per heavy atom. The summed E-state index contributed by atoms with van der Waals surface area (Å²) in [6.45, 7) is 0.0439. The van der Waals surface area contributed by atoms with Gasteiger partial charge in [-0.15, -0.1) is 0 Å². The minimum atomic E-state index is -0.0272. The van der Waals surface area contributed by atoms with Gasteiger partial charge < -0.3 is 15.1 Å². The molecule has 1 unspecified atom stereocenters. The van der Waals surface area contributed by atoms with Gasteiger partial charge in [0, 0.05) is 7.05 Å². The summed E-state index contributed by atoms with van der Waals surface area (Å²) in [5.74, 6) is 0.809. The number of rotatable bonds is 4. The highest BCUT2D eigenvalue weighted by Crippen LogP contribution is 2.35. The number of hydrogen-bond acceptors (Lipinski definition) is 5. The van der Waals surface area contributed by atoms with Crippen molar-refractivity contribution in [3.8, 4) is 5.75 Å². The Morgan fingerprint density at radius 1 is 1.59 bits per heavy atom. The van der Waals surface area contributed by atoms with Crippen molar-refractivity contribution in [1.82, 2.24) is 9.97 Å². The van der Waals surface area contributed by atoms with Crippen molar-refractivity contribution < 1.29 is 10.2 Å². The van der Waals surface area contributed by atoms with Gasteiger partial charge in [-0.25, -0.2) is 4.98 Å². The minimum absolute atomic E-state index is 0.0188. The number of anilines is 1. The molecule has 1 saturated carbocycles. The quantitative estimate of drug-likeness (QED) is 0.799. The van der Waals surface area contributed by atoms with Gasteiger partial charge in [-0.1, -0.05) is 6.42 Å². The molecule has 5 nitrogen and oxygen atoms in total. The summed E-state index contributed by atoms with van der Waals surface area (Å²) < 4.78 is 0. The summed E-state index contributed by atoms with van der Waals surface area (Å²) in [4.78, 5) is 9.49. The molecule has 0 aromatic carbocycles. The van der Waals surface area contributed by atoms with Crippen LogP contribution in [0.25, 0.3) is 0 Å². The number of aromatic nitrogens is 2. The van der Waals surface area contributed by atoms with Crippen LogP contribution in [-0.2, 0) is 0 Å². The van der Waals surface area contributed by atoms with E-state index in [4.69, 9.17) is 11.6 Å². The monoisotopic (exact) mass is 257 g/mol. The van der Waals surface area contributed by atoms with Crippen LogP contribution in [0, 0.1) is 5.92 Å². The number of nitrogens with zero attached hydrogens (tertiary/aromatic N) is 3. The molecule has 1 aromatic rings. The Bertz CT molecular complexity index is 398. The lowest BCUT2D eigenvalue weighted by Gasteiger charge is -2.38. The Hall–Kier alpha value is -1.07. The fraction of sp³-hybridized carbons (Fsp3) is 0.636. The first-order valence-corrected chi connectivity index (χ1v) is 6.06. The third-order valence-corrected chi connectivity index (χ3v) is 3.62. The van der Waals surface area contributed by atoms with Crippen molar-refractivity contribution in [3.63, 3.8) is 0 Å². The van der Waals surface area contributed by atoms with Crippen molar-refractivity contribution in [2.75, 3.05) is 18.6 Å². The average Bonchev–Trinajstić information content (AvgIpc) is 2.25. The van der Waals surface area contributed by atoms with Gasteiger partial charge in [0.1, 0.15) is 0 Å². The molecule has 1 heterocycles. The number of likely N-dealkylation sites (N-methyl/N-ethyl adjacent to an activating group) is 1. The van der Waals surface area contributed by atoms with Crippen LogP contribution < -0.4 is 4.90 Å². The van der Waals surface area contributed by atoms with Gasteiger partial charge in [0.25, 0.3) is 0 Å². The predicted octanol–water partition coefficient (Wildman–Crippen LogP) is 1.43. The maximum Gasteiger partial charge on any atom is 0.224 e. The molecule has 1 aliphatic carbocycles. The standard InChI is InChI=1S/C11H16ClN3O2/c1-15(8(6-16)7-3-2-4-7)10-9(17)5-13-11(12)14-10/h5,7-8,16-17H,2-4,6H2,1H3. The van der Waals surface area contributed by atoms with Crippen molar-refractivity contribution >= 4 is 17.4 Å². The van der Waals surface area contributed by atoms with Gasteiger partial charge in [0.2, 0.25) is 5.28 Å². The summed E-state index contributed by atoms with van der Waals surface area (Å²) >= 11 is 5.71. The van der Waals surface area contributed by atoms with E-state index in [9.17, 15) is 10.2 Å². The van der Waals surface area contributed by atoms with E-state index in [2.05, 4.69) is 9.97 Å². The minimum Gasteiger partial charge on any atom is -0.503 e. The van der Waals surface area contributed by atoms with Crippen LogP contribution in [0.1, 0.15) is 19.3 Å². The first kappa shape index (κ1) is 12.4. The first-order chi connectivity index (χ1) is 8.13. The molecule has 0 amide bonds. The molecule has 0 radical (unpaired) electrons. The number of halogens is 1. The van der Waals surface area contributed by atoms with Crippen molar-refractivity contribution in [2.45, 2.75) is 25.3 Å². The molecule has 0 spiro atoms. The highest BCUT2D eigenvalue weighted by Gasteiger charge is 2.31. The van der Waals surface area contributed by atoms with Crippen molar-refractivity contribution in [3.05, 3.63) is 11.5 Å². The van der Waals surface area contributed by atoms with Crippen LogP contribution in [0.5, 0.6) is 5.75 Å². The molecular weight excluding hydrogens is 242 g/mol. The van der Waals surface area contributed by atoms with Gasteiger partial charge in [-0.3, -0.25) is 0 Å². The molecule has 2 rings (SSSR count). The molecule has 6 heteroatoms. The number of hydrogen-bond donors (Lipinski definition) is 2. The van der Waals surface area contributed by atoms with Crippen molar-refractivity contribution in [2.24, 2.45) is 5.92 Å². The zero-order valence-corrected chi connectivity index (χ0v) is 10.4. The molecule has 1 fully saturated rings. The third-order valence-electron chi connectivity index (χ3n) is 3.43. The average molecular weight is 258 g/mol. The zero-order valence-electron chi connectivity index (χ0n) is 9.67. The molecule has 1 aliphatic rings. The number of aromatic hydroxyl groups is 1. The Kier molecular flexibility index (Phi) is 3.69. The third kappa shape index (κ3) is 2.45. The Balaban J connectivity index is 2.21. The molecule has 94 valence electrons. The van der Waals surface area contributed by atoms with E-state index >= 15 is 0 Å². The lowest BCUT2D eigenvalue weighted by Crippen LogP contribution is -2.44. The molecule has 1 aromatic heterocycles. The van der Waals surface area contributed by atoms with Crippen LogP contribution >= 0.6 is 11.6 Å². The summed E-state index contributed by atoms with van der Waals surface area (Å²) in [6, 6.07) is -0.0272. The van der Waals surface area contributed by atoms with E-state index in [-0.39, 0.29) is 23.7 Å². The summed E-state index contributed by atoms with van der Waals surface area (Å²) in [5, 5.41) is 19.3. The van der Waals surface area contributed by atoms with E-state index < -0.39 is 0 Å². The van der Waals surface area contributed by atoms with Gasteiger partial charge in [0.05, 0.1) is 18.8 Å². The fourth-order valence-electron chi connectivity index (χ4n) is 2.17. The van der Waals surface area contributed by atoms with Crippen LogP contribution in [0.4, 0.5) is 5.82 Å². The van der Waals surface area contributed by atoms with Gasteiger partial charge in [0.15, 0.2) is 11.6 Å². The molecule has 1 atom stereocenters. The lowest BCUT2D eigenvalue weighted by molar-refractivity contribution is 0.171. The maximum absolute atomic E-state index is 9.72. The van der Waals surface area contributed by atoms with Crippen LogP contribution in [0.15, 0.2) is 6.20 Å². The SMILES string of the molecule is CN(c1nc(Cl)ncc1O)C(CO)C1CCC1. The van der Waals surface area contributed by atoms with E-state index in [1.807, 2.05) is 0 Å². The second-order valence-corrected chi connectivity index (χ2v) is 4.74. The van der Waals surface area contributed by atoms with Gasteiger partial charge >= 0.3 is 0 Å². The first-order valence-electron chi connectivity index (χ1n) is 5.68. The lowest BCUT2D eigenvalue weighted by atomic mass is 9.79. The van der Waals surface area contributed by atoms with E-state index in [1.54, 1.807) is 11.9 Å². The van der Waals surface area contributed by atoms with Crippen molar-refractivity contribution in [1.29, 1.82) is 0 Å². The highest BCUT2D eigenvalue weighted by atomic mass is 35.5. The summed E-state index contributed by atoms with van der Waals surface area (Å²) in [5.41, 5.74) is 0. The van der Waals surface area contributed by atoms with E-state index in [0.29, 0.717) is 11.7 Å². The smallest absolute Gasteiger partial charge is 0.224 e. The fourth-order valence-corrected chi connectivity index (χ4v) is 2.30. The number of aliphatic hydroxyl groups is 1. The molecule has 0 aliphatic heterocycles. The molecule has 0 saturated heterocycles. The largest absolute Gasteiger partial charge is 0.503 e. The number of aliphatic hydroxyl groups excluding tert-OH is 1. The second kappa shape index (κ2) is 5.06. The van der Waals surface area contributed by atoms with Gasteiger partial charge in [-0.05, 0) is 30.4 Å². The summed E-state index contributed by atoms with van der Waals surface area (Å²) in [6.07, 6.45) is 4.69. The normalized spacial score (nSPS) is 17.6. The van der Waals surface area contributed by atoms with Gasteiger partial charge in [-0.2, -0.15) is 4.98 Å². The maximum atomic E-state index is 9.72. The van der Waals surface area contributed by atoms with Crippen LogP contribution in [0.3, 0.4) is 0 Å². The Labute approximate surface area is 105 Å². The van der Waals surface area contributed by atoms with Crippen LogP contribution in [-0.4, -0.2) is 39.9 Å². The summed E-state index contributed by atoms with van der Waals surface area (Å²) in [7, 11) is 1.80. The molecule has 17 heavy (non-hydrogen) atoms. The highest BCUT2D eigenvalue weighted by molar-refractivity contribution is 6.28. The molecule has 2 N–H and O–H groups in total. The van der Waals surface area contributed by atoms with Crippen LogP contribution in [0.2, 0.25) is 5.28 Å². The predicted molar refractivity (Wildman–Crippen MR) is 65.3 cm³/mol. The van der Waals surface area contributed by atoms with E-state index in [1.165, 1.54) is 12.6 Å². The molecular formula is C11H16ClN3O2. The zero-order chi connectivity index (χ0) is 12.4. The topological polar surface area (TPSA) is 69.5 Å². The van der Waals surface area contributed by atoms with E-state index in [0.717, 1.165) is 12.8 Å². The second-order valence-electron chi connectivity index (χ2n) is 4.40.